The molecular weight excluding hydrogens is 270 g/mol. The molecule has 2 amide bonds. The fourth-order valence-corrected chi connectivity index (χ4v) is 1.79. The van der Waals surface area contributed by atoms with Gasteiger partial charge in [-0.2, -0.15) is 5.26 Å². The van der Waals surface area contributed by atoms with E-state index in [-0.39, 0.29) is 6.03 Å². The molecule has 0 bridgehead atoms. The highest BCUT2D eigenvalue weighted by Gasteiger charge is 2.13. The van der Waals surface area contributed by atoms with Gasteiger partial charge in [-0.05, 0) is 30.3 Å². The van der Waals surface area contributed by atoms with E-state index in [9.17, 15) is 4.79 Å². The van der Waals surface area contributed by atoms with Crippen LogP contribution in [0.4, 0.5) is 10.5 Å². The van der Waals surface area contributed by atoms with E-state index >= 15 is 0 Å². The predicted octanol–water partition coefficient (Wildman–Crippen LogP) is 2.82. The van der Waals surface area contributed by atoms with Crippen LogP contribution in [0.15, 0.2) is 41.0 Å². The molecular formula is C15H15N3O3. The molecule has 0 atom stereocenters. The van der Waals surface area contributed by atoms with E-state index in [1.165, 1.54) is 12.0 Å². The van der Waals surface area contributed by atoms with Crippen LogP contribution in [0.5, 0.6) is 5.75 Å². The lowest BCUT2D eigenvalue weighted by molar-refractivity contribution is 0.216. The number of carbonyl (C=O) groups excluding carboxylic acids is 1. The zero-order valence-corrected chi connectivity index (χ0v) is 11.8. The summed E-state index contributed by atoms with van der Waals surface area (Å²) in [5.74, 6) is 1.18. The summed E-state index contributed by atoms with van der Waals surface area (Å²) < 4.78 is 10.4. The van der Waals surface area contributed by atoms with Crippen molar-refractivity contribution in [1.82, 2.24) is 4.90 Å². The highest BCUT2D eigenvalue weighted by atomic mass is 16.5. The average Bonchev–Trinajstić information content (AvgIpc) is 2.99. The van der Waals surface area contributed by atoms with Gasteiger partial charge in [0.05, 0.1) is 37.2 Å². The summed E-state index contributed by atoms with van der Waals surface area (Å²) in [5, 5.41) is 11.6. The molecule has 0 unspecified atom stereocenters. The Kier molecular flexibility index (Phi) is 4.46. The number of ether oxygens (including phenoxy) is 1. The largest absolute Gasteiger partial charge is 0.495 e. The fraction of sp³-hybridized carbons (Fsp3) is 0.200. The molecule has 6 heteroatoms. The van der Waals surface area contributed by atoms with Crippen molar-refractivity contribution in [3.8, 4) is 11.8 Å². The molecule has 0 fully saturated rings. The van der Waals surface area contributed by atoms with Gasteiger partial charge in [0.1, 0.15) is 11.5 Å². The van der Waals surface area contributed by atoms with Crippen LogP contribution in [0.25, 0.3) is 0 Å². The number of methoxy groups -OCH3 is 1. The van der Waals surface area contributed by atoms with Crippen LogP contribution >= 0.6 is 0 Å². The van der Waals surface area contributed by atoms with E-state index in [0.29, 0.717) is 29.3 Å². The summed E-state index contributed by atoms with van der Waals surface area (Å²) in [5.41, 5.74) is 0.896. The standard InChI is InChI=1S/C15H15N3O3/c1-18(10-12-4-3-7-21-12)15(19)17-13-8-11(9-16)5-6-14(13)20-2/h3-8H,10H2,1-2H3,(H,17,19). The Morgan fingerprint density at radius 2 is 2.29 bits per heavy atom. The first-order chi connectivity index (χ1) is 10.1. The third-order valence-corrected chi connectivity index (χ3v) is 2.89. The van der Waals surface area contributed by atoms with Crippen LogP contribution in [0.1, 0.15) is 11.3 Å². The molecule has 21 heavy (non-hydrogen) atoms. The van der Waals surface area contributed by atoms with Gasteiger partial charge in [-0.1, -0.05) is 0 Å². The van der Waals surface area contributed by atoms with Crippen molar-refractivity contribution in [2.24, 2.45) is 0 Å². The number of furan rings is 1. The van der Waals surface area contributed by atoms with Gasteiger partial charge >= 0.3 is 6.03 Å². The molecule has 108 valence electrons. The van der Waals surface area contributed by atoms with E-state index in [4.69, 9.17) is 14.4 Å². The monoisotopic (exact) mass is 285 g/mol. The van der Waals surface area contributed by atoms with Gasteiger partial charge in [0, 0.05) is 7.05 Å². The lowest BCUT2D eigenvalue weighted by Crippen LogP contribution is -2.30. The smallest absolute Gasteiger partial charge is 0.322 e. The third kappa shape index (κ3) is 3.54. The molecule has 1 aromatic heterocycles. The van der Waals surface area contributed by atoms with Gasteiger partial charge < -0.3 is 19.4 Å². The molecule has 1 aromatic carbocycles. The summed E-state index contributed by atoms with van der Waals surface area (Å²) in [4.78, 5) is 13.6. The van der Waals surface area contributed by atoms with E-state index in [1.54, 1.807) is 43.6 Å². The number of benzene rings is 1. The van der Waals surface area contributed by atoms with E-state index in [2.05, 4.69) is 5.32 Å². The number of anilines is 1. The molecule has 0 radical (unpaired) electrons. The predicted molar refractivity (Wildman–Crippen MR) is 76.9 cm³/mol. The molecule has 2 rings (SSSR count). The molecule has 0 spiro atoms. The first kappa shape index (κ1) is 14.5. The van der Waals surface area contributed by atoms with Crippen molar-refractivity contribution in [2.75, 3.05) is 19.5 Å². The number of urea groups is 1. The minimum absolute atomic E-state index is 0.320. The zero-order chi connectivity index (χ0) is 15.2. The minimum Gasteiger partial charge on any atom is -0.495 e. The second-order valence-electron chi connectivity index (χ2n) is 4.39. The van der Waals surface area contributed by atoms with Crippen molar-refractivity contribution in [3.63, 3.8) is 0 Å². The molecule has 2 aromatic rings. The maximum atomic E-state index is 12.1. The lowest BCUT2D eigenvalue weighted by atomic mass is 10.2. The Balaban J connectivity index is 2.10. The zero-order valence-electron chi connectivity index (χ0n) is 11.8. The number of amides is 2. The molecule has 0 saturated heterocycles. The maximum absolute atomic E-state index is 12.1. The summed E-state index contributed by atoms with van der Waals surface area (Å²) in [6.07, 6.45) is 1.56. The van der Waals surface area contributed by atoms with Crippen molar-refractivity contribution in [1.29, 1.82) is 5.26 Å². The number of hydrogen-bond donors (Lipinski definition) is 1. The van der Waals surface area contributed by atoms with Crippen LogP contribution in [0.2, 0.25) is 0 Å². The molecule has 0 saturated carbocycles. The van der Waals surface area contributed by atoms with Gasteiger partial charge in [-0.15, -0.1) is 0 Å². The van der Waals surface area contributed by atoms with Gasteiger partial charge in [-0.3, -0.25) is 0 Å². The summed E-state index contributed by atoms with van der Waals surface area (Å²) >= 11 is 0. The second kappa shape index (κ2) is 6.48. The first-order valence-corrected chi connectivity index (χ1v) is 6.26. The van der Waals surface area contributed by atoms with Crippen molar-refractivity contribution < 1.29 is 13.9 Å². The molecule has 0 aliphatic heterocycles. The number of nitrogens with zero attached hydrogens (tertiary/aromatic N) is 2. The topological polar surface area (TPSA) is 78.5 Å². The van der Waals surface area contributed by atoms with Gasteiger partial charge in [0.25, 0.3) is 0 Å². The van der Waals surface area contributed by atoms with E-state index in [0.717, 1.165) is 0 Å². The van der Waals surface area contributed by atoms with Gasteiger partial charge in [-0.25, -0.2) is 4.79 Å². The Morgan fingerprint density at radius 3 is 2.90 bits per heavy atom. The summed E-state index contributed by atoms with van der Waals surface area (Å²) in [6.45, 7) is 0.346. The summed E-state index contributed by atoms with van der Waals surface area (Å²) in [7, 11) is 3.15. The fourth-order valence-electron chi connectivity index (χ4n) is 1.79. The van der Waals surface area contributed by atoms with Crippen molar-refractivity contribution >= 4 is 11.7 Å². The highest BCUT2D eigenvalue weighted by molar-refractivity contribution is 5.91. The van der Waals surface area contributed by atoms with Crippen LogP contribution < -0.4 is 10.1 Å². The number of nitriles is 1. The molecule has 1 heterocycles. The van der Waals surface area contributed by atoms with E-state index < -0.39 is 0 Å². The van der Waals surface area contributed by atoms with Crippen LogP contribution in [-0.2, 0) is 6.54 Å². The van der Waals surface area contributed by atoms with Crippen LogP contribution in [0, 0.1) is 11.3 Å². The molecule has 6 nitrogen and oxygen atoms in total. The Morgan fingerprint density at radius 1 is 1.48 bits per heavy atom. The Bertz CT molecular complexity index is 659. The number of nitrogens with one attached hydrogen (secondary N) is 1. The van der Waals surface area contributed by atoms with Crippen LogP contribution in [-0.4, -0.2) is 25.1 Å². The Labute approximate surface area is 122 Å². The lowest BCUT2D eigenvalue weighted by Gasteiger charge is -2.18. The second-order valence-corrected chi connectivity index (χ2v) is 4.39. The number of rotatable bonds is 4. The van der Waals surface area contributed by atoms with Crippen molar-refractivity contribution in [2.45, 2.75) is 6.54 Å². The average molecular weight is 285 g/mol. The number of hydrogen-bond acceptors (Lipinski definition) is 4. The van der Waals surface area contributed by atoms with Gasteiger partial charge in [0.2, 0.25) is 0 Å². The summed E-state index contributed by atoms with van der Waals surface area (Å²) in [6, 6.07) is 10.1. The van der Waals surface area contributed by atoms with Gasteiger partial charge in [0.15, 0.2) is 0 Å². The highest BCUT2D eigenvalue weighted by Crippen LogP contribution is 2.25. The SMILES string of the molecule is COc1ccc(C#N)cc1NC(=O)N(C)Cc1ccco1. The normalized spacial score (nSPS) is 9.76. The van der Waals surface area contributed by atoms with E-state index in [1.807, 2.05) is 6.07 Å². The molecule has 1 N–H and O–H groups in total. The number of carbonyl (C=O) groups is 1. The third-order valence-electron chi connectivity index (χ3n) is 2.89. The Hall–Kier alpha value is -2.94. The molecule has 0 aliphatic rings. The minimum atomic E-state index is -0.320. The maximum Gasteiger partial charge on any atom is 0.322 e. The molecule has 0 aliphatic carbocycles. The quantitative estimate of drug-likeness (QED) is 0.936. The van der Waals surface area contributed by atoms with Crippen LogP contribution in [0.3, 0.4) is 0 Å². The first-order valence-electron chi connectivity index (χ1n) is 6.26. The van der Waals surface area contributed by atoms with Crippen molar-refractivity contribution in [3.05, 3.63) is 47.9 Å².